The Bertz CT molecular complexity index is 777. The average Bonchev–Trinajstić information content (AvgIpc) is 3.03. The van der Waals surface area contributed by atoms with E-state index in [2.05, 4.69) is 9.97 Å². The summed E-state index contributed by atoms with van der Waals surface area (Å²) in [7, 11) is 0. The van der Waals surface area contributed by atoms with Gasteiger partial charge in [0.25, 0.3) is 0 Å². The highest BCUT2D eigenvalue weighted by molar-refractivity contribution is 7.12. The van der Waals surface area contributed by atoms with Gasteiger partial charge in [0, 0.05) is 23.1 Å². The van der Waals surface area contributed by atoms with Gasteiger partial charge in [0.15, 0.2) is 5.78 Å². The molecule has 0 N–H and O–H groups in total. The van der Waals surface area contributed by atoms with E-state index in [1.54, 1.807) is 22.5 Å². The fourth-order valence-corrected chi connectivity index (χ4v) is 2.69. The molecule has 0 atom stereocenters. The summed E-state index contributed by atoms with van der Waals surface area (Å²) in [5.41, 5.74) is 2.77. The van der Waals surface area contributed by atoms with Gasteiger partial charge in [0.05, 0.1) is 17.9 Å². The molecular formula is C14H12FN3OS. The summed E-state index contributed by atoms with van der Waals surface area (Å²) in [5, 5.41) is 1.38. The molecule has 3 aromatic rings. The lowest BCUT2D eigenvalue weighted by Gasteiger charge is -2.01. The Labute approximate surface area is 118 Å². The zero-order chi connectivity index (χ0) is 14.3. The lowest BCUT2D eigenvalue weighted by atomic mass is 10.0. The Morgan fingerprint density at radius 3 is 2.85 bits per heavy atom. The van der Waals surface area contributed by atoms with Crippen LogP contribution in [0.1, 0.15) is 24.2 Å². The number of hydrogen-bond donors (Lipinski definition) is 0. The van der Waals surface area contributed by atoms with Crippen LogP contribution in [0.5, 0.6) is 0 Å². The van der Waals surface area contributed by atoms with E-state index in [4.69, 9.17) is 0 Å². The van der Waals surface area contributed by atoms with Crippen molar-refractivity contribution in [1.82, 2.24) is 14.5 Å². The molecule has 0 fully saturated rings. The van der Waals surface area contributed by atoms with Gasteiger partial charge in [0.2, 0.25) is 0 Å². The molecule has 0 unspecified atom stereocenters. The van der Waals surface area contributed by atoms with Crippen LogP contribution in [0.15, 0.2) is 30.2 Å². The summed E-state index contributed by atoms with van der Waals surface area (Å²) in [6.07, 6.45) is 4.56. The highest BCUT2D eigenvalue weighted by atomic mass is 32.1. The smallest absolute Gasteiger partial charge is 0.167 e. The summed E-state index contributed by atoms with van der Waals surface area (Å²) >= 11 is 1.44. The lowest BCUT2D eigenvalue weighted by molar-refractivity contribution is 0.0941. The summed E-state index contributed by atoms with van der Waals surface area (Å²) in [4.78, 5) is 20.4. The summed E-state index contributed by atoms with van der Waals surface area (Å²) in [5.74, 6) is -0.623. The monoisotopic (exact) mass is 289 g/mol. The van der Waals surface area contributed by atoms with Gasteiger partial charge in [0.1, 0.15) is 16.5 Å². The van der Waals surface area contributed by atoms with Crippen LogP contribution in [0, 0.1) is 11.7 Å². The zero-order valence-electron chi connectivity index (χ0n) is 11.0. The Morgan fingerprint density at radius 2 is 2.20 bits per heavy atom. The molecular weight excluding hydrogens is 277 g/mol. The van der Waals surface area contributed by atoms with Crippen LogP contribution in [0.4, 0.5) is 4.39 Å². The third kappa shape index (κ3) is 2.02. The number of halogens is 1. The number of thiazole rings is 1. The quantitative estimate of drug-likeness (QED) is 0.694. The van der Waals surface area contributed by atoms with Crippen molar-refractivity contribution >= 4 is 28.2 Å². The molecule has 3 heterocycles. The highest BCUT2D eigenvalue weighted by Crippen LogP contribution is 2.27. The van der Waals surface area contributed by atoms with Crippen molar-refractivity contribution in [2.45, 2.75) is 13.8 Å². The van der Waals surface area contributed by atoms with E-state index >= 15 is 0 Å². The predicted octanol–water partition coefficient (Wildman–Crippen LogP) is 3.46. The van der Waals surface area contributed by atoms with Gasteiger partial charge in [-0.1, -0.05) is 13.8 Å². The van der Waals surface area contributed by atoms with Crippen LogP contribution in [-0.2, 0) is 0 Å². The number of pyridine rings is 1. The van der Waals surface area contributed by atoms with E-state index in [1.165, 1.54) is 17.4 Å². The van der Waals surface area contributed by atoms with E-state index < -0.39 is 5.82 Å². The maximum Gasteiger partial charge on any atom is 0.167 e. The maximum atomic E-state index is 13.4. The predicted molar refractivity (Wildman–Crippen MR) is 75.9 cm³/mol. The molecule has 3 aromatic heterocycles. The van der Waals surface area contributed by atoms with E-state index in [0.29, 0.717) is 16.6 Å². The first-order valence-electron chi connectivity index (χ1n) is 6.17. The van der Waals surface area contributed by atoms with Crippen molar-refractivity contribution in [3.63, 3.8) is 0 Å². The normalized spacial score (nSPS) is 11.4. The molecule has 0 aliphatic heterocycles. The molecule has 0 bridgehead atoms. The summed E-state index contributed by atoms with van der Waals surface area (Å²) < 4.78 is 15.2. The zero-order valence-corrected chi connectivity index (χ0v) is 11.8. The highest BCUT2D eigenvalue weighted by Gasteiger charge is 2.20. The third-order valence-electron chi connectivity index (χ3n) is 3.06. The van der Waals surface area contributed by atoms with E-state index in [1.807, 2.05) is 13.8 Å². The largest absolute Gasteiger partial charge is 0.294 e. The molecule has 3 rings (SSSR count). The number of rotatable bonds is 3. The Morgan fingerprint density at radius 1 is 1.40 bits per heavy atom. The van der Waals surface area contributed by atoms with Crippen molar-refractivity contribution in [2.75, 3.05) is 0 Å². The third-order valence-corrected chi connectivity index (χ3v) is 3.83. The van der Waals surface area contributed by atoms with Crippen LogP contribution < -0.4 is 0 Å². The molecule has 0 saturated carbocycles. The second kappa shape index (κ2) is 4.79. The van der Waals surface area contributed by atoms with Crippen LogP contribution in [-0.4, -0.2) is 20.3 Å². The van der Waals surface area contributed by atoms with Gasteiger partial charge in [-0.3, -0.25) is 14.3 Å². The molecule has 0 aliphatic carbocycles. The van der Waals surface area contributed by atoms with Crippen molar-refractivity contribution in [3.8, 4) is 5.00 Å². The number of hydrogen-bond acceptors (Lipinski definition) is 4. The Balaban J connectivity index is 2.30. The maximum absolute atomic E-state index is 13.4. The van der Waals surface area contributed by atoms with Gasteiger partial charge >= 0.3 is 0 Å². The van der Waals surface area contributed by atoms with Crippen LogP contribution in [0.25, 0.3) is 16.0 Å². The molecule has 0 amide bonds. The molecule has 102 valence electrons. The SMILES string of the molecule is CC(C)C(=O)c1cn(-c2cncs2)c2ncc(F)cc12. The van der Waals surface area contributed by atoms with Crippen molar-refractivity contribution < 1.29 is 9.18 Å². The minimum atomic E-state index is -0.447. The van der Waals surface area contributed by atoms with Gasteiger partial charge in [-0.25, -0.2) is 9.37 Å². The Kier molecular flexibility index (Phi) is 3.10. The number of carbonyl (C=O) groups is 1. The van der Waals surface area contributed by atoms with Gasteiger partial charge in [-0.15, -0.1) is 11.3 Å². The molecule has 6 heteroatoms. The van der Waals surface area contributed by atoms with Crippen LogP contribution in [0.3, 0.4) is 0 Å². The first-order valence-corrected chi connectivity index (χ1v) is 7.05. The molecule has 0 aliphatic rings. The molecule has 0 saturated heterocycles. The molecule has 20 heavy (non-hydrogen) atoms. The minimum absolute atomic E-state index is 0.0225. The minimum Gasteiger partial charge on any atom is -0.294 e. The fraction of sp³-hybridized carbons (Fsp3) is 0.214. The van der Waals surface area contributed by atoms with E-state index in [9.17, 15) is 9.18 Å². The van der Waals surface area contributed by atoms with Crippen LogP contribution >= 0.6 is 11.3 Å². The van der Waals surface area contributed by atoms with Crippen molar-refractivity contribution in [1.29, 1.82) is 0 Å². The summed E-state index contributed by atoms with van der Waals surface area (Å²) in [6.45, 7) is 3.65. The Hall–Kier alpha value is -2.08. The molecule has 0 radical (unpaired) electrons. The fourth-order valence-electron chi connectivity index (χ4n) is 2.09. The van der Waals surface area contributed by atoms with Gasteiger partial charge < -0.3 is 0 Å². The molecule has 0 spiro atoms. The second-order valence-electron chi connectivity index (χ2n) is 4.80. The molecule has 4 nitrogen and oxygen atoms in total. The lowest BCUT2D eigenvalue weighted by Crippen LogP contribution is -2.06. The number of ketones is 1. The first-order chi connectivity index (χ1) is 9.58. The van der Waals surface area contributed by atoms with Gasteiger partial charge in [-0.2, -0.15) is 0 Å². The summed E-state index contributed by atoms with van der Waals surface area (Å²) in [6, 6.07) is 1.36. The second-order valence-corrected chi connectivity index (χ2v) is 5.66. The van der Waals surface area contributed by atoms with Crippen LogP contribution in [0.2, 0.25) is 0 Å². The van der Waals surface area contributed by atoms with E-state index in [0.717, 1.165) is 11.2 Å². The number of carbonyl (C=O) groups excluding carboxylic acids is 1. The number of Topliss-reactive ketones (excluding diaryl/α,β-unsaturated/α-hetero) is 1. The number of nitrogens with zero attached hydrogens (tertiary/aromatic N) is 3. The number of aromatic nitrogens is 3. The number of fused-ring (bicyclic) bond motifs is 1. The van der Waals surface area contributed by atoms with Crippen molar-refractivity contribution in [3.05, 3.63) is 41.5 Å². The standard InChI is InChI=1S/C14H12FN3OS/c1-8(2)13(19)11-6-18(12-5-16-7-20-12)14-10(11)3-9(15)4-17-14/h3-8H,1-2H3. The first kappa shape index (κ1) is 12.9. The van der Waals surface area contributed by atoms with Crippen molar-refractivity contribution in [2.24, 2.45) is 5.92 Å². The van der Waals surface area contributed by atoms with E-state index in [-0.39, 0.29) is 11.7 Å². The molecule has 0 aromatic carbocycles. The average molecular weight is 289 g/mol. The topological polar surface area (TPSA) is 47.8 Å². The van der Waals surface area contributed by atoms with Gasteiger partial charge in [-0.05, 0) is 6.07 Å².